The Balaban J connectivity index is 1.63. The van der Waals surface area contributed by atoms with E-state index < -0.39 is 5.60 Å². The smallest absolute Gasteiger partial charge is 0.124 e. The second-order valence-corrected chi connectivity index (χ2v) is 8.43. The number of piperidine rings is 1. The number of ether oxygens (including phenoxy) is 1. The van der Waals surface area contributed by atoms with E-state index in [9.17, 15) is 5.11 Å². The fraction of sp³-hybridized carbons (Fsp3) is 0.462. The van der Waals surface area contributed by atoms with Crippen LogP contribution in [0.2, 0.25) is 0 Å². The Morgan fingerprint density at radius 1 is 1.07 bits per heavy atom. The van der Waals surface area contributed by atoms with Crippen LogP contribution in [0.25, 0.3) is 6.08 Å². The highest BCUT2D eigenvalue weighted by Crippen LogP contribution is 2.50. The van der Waals surface area contributed by atoms with Crippen molar-refractivity contribution in [2.75, 3.05) is 19.7 Å². The molecule has 1 aliphatic heterocycles. The lowest BCUT2D eigenvalue weighted by atomic mass is 9.66. The van der Waals surface area contributed by atoms with Gasteiger partial charge in [-0.25, -0.2) is 0 Å². The van der Waals surface area contributed by atoms with Crippen molar-refractivity contribution in [3.63, 3.8) is 0 Å². The van der Waals surface area contributed by atoms with Crippen molar-refractivity contribution in [2.45, 2.75) is 50.7 Å². The molecule has 1 aliphatic carbocycles. The molecule has 0 bridgehead atoms. The lowest BCUT2D eigenvalue weighted by Gasteiger charge is -2.52. The molecular weight excluding hydrogens is 358 g/mol. The molecule has 0 amide bonds. The van der Waals surface area contributed by atoms with Gasteiger partial charge in [0.15, 0.2) is 0 Å². The van der Waals surface area contributed by atoms with Crippen LogP contribution in [0, 0.1) is 5.92 Å². The molecular formula is C26H33NO2. The maximum absolute atomic E-state index is 11.5. The van der Waals surface area contributed by atoms with Crippen LogP contribution < -0.4 is 4.74 Å². The van der Waals surface area contributed by atoms with Gasteiger partial charge in [0.25, 0.3) is 0 Å². The van der Waals surface area contributed by atoms with Gasteiger partial charge in [0.05, 0.1) is 12.2 Å². The van der Waals surface area contributed by atoms with Gasteiger partial charge in [-0.2, -0.15) is 0 Å². The third-order valence-electron chi connectivity index (χ3n) is 6.66. The average molecular weight is 392 g/mol. The highest BCUT2D eigenvalue weighted by Gasteiger charge is 2.49. The summed E-state index contributed by atoms with van der Waals surface area (Å²) in [6.07, 6.45) is 9.68. The minimum absolute atomic E-state index is 0.192. The van der Waals surface area contributed by atoms with Gasteiger partial charge in [0, 0.05) is 30.6 Å². The van der Waals surface area contributed by atoms with E-state index >= 15 is 0 Å². The predicted molar refractivity (Wildman–Crippen MR) is 119 cm³/mol. The molecule has 2 aliphatic rings. The summed E-state index contributed by atoms with van der Waals surface area (Å²) in [7, 11) is 0. The summed E-state index contributed by atoms with van der Waals surface area (Å²) in [5.74, 6) is 1.23. The first kappa shape index (κ1) is 20.2. The molecule has 1 N–H and O–H groups in total. The highest BCUT2D eigenvalue weighted by atomic mass is 16.5. The molecule has 4 rings (SSSR count). The number of aliphatic hydroxyl groups is 1. The Hall–Kier alpha value is -2.10. The number of likely N-dealkylation sites (tertiary alicyclic amines) is 1. The number of fused-ring (bicyclic) bond motifs is 1. The minimum atomic E-state index is -0.540. The van der Waals surface area contributed by atoms with Crippen molar-refractivity contribution in [1.29, 1.82) is 0 Å². The van der Waals surface area contributed by atoms with Crippen LogP contribution in [0.1, 0.15) is 56.2 Å². The fourth-order valence-electron chi connectivity index (χ4n) is 5.26. The van der Waals surface area contributed by atoms with E-state index in [1.165, 1.54) is 17.5 Å². The second kappa shape index (κ2) is 9.15. The zero-order chi connectivity index (χ0) is 20.1. The van der Waals surface area contributed by atoms with Crippen LogP contribution in [-0.2, 0) is 0 Å². The summed E-state index contributed by atoms with van der Waals surface area (Å²) in [5.41, 5.74) is 1.92. The van der Waals surface area contributed by atoms with Crippen LogP contribution in [0.3, 0.4) is 0 Å². The van der Waals surface area contributed by atoms with Gasteiger partial charge in [0.1, 0.15) is 5.75 Å². The predicted octanol–water partition coefficient (Wildman–Crippen LogP) is 5.47. The number of hydrogen-bond donors (Lipinski definition) is 1. The molecule has 154 valence electrons. The normalized spacial score (nSPS) is 27.7. The van der Waals surface area contributed by atoms with E-state index in [1.54, 1.807) is 0 Å². The van der Waals surface area contributed by atoms with Crippen LogP contribution in [0.4, 0.5) is 0 Å². The Morgan fingerprint density at radius 2 is 1.86 bits per heavy atom. The summed E-state index contributed by atoms with van der Waals surface area (Å²) in [6, 6.07) is 19.1. The average Bonchev–Trinajstić information content (AvgIpc) is 2.75. The van der Waals surface area contributed by atoms with E-state index in [0.29, 0.717) is 6.61 Å². The van der Waals surface area contributed by atoms with E-state index in [0.717, 1.165) is 44.5 Å². The van der Waals surface area contributed by atoms with Crippen LogP contribution in [0.5, 0.6) is 5.75 Å². The van der Waals surface area contributed by atoms with E-state index in [1.807, 2.05) is 19.1 Å². The molecule has 3 nitrogen and oxygen atoms in total. The molecule has 2 aromatic carbocycles. The Bertz CT molecular complexity index is 818. The standard InChI is InChI=1S/C26H33NO2/c1-2-29-24-16-7-6-14-22(24)25-23-15-8-9-17-26(23,28)18-20-27(25)19-10-13-21-11-4-3-5-12-21/h3-7,10-14,16,23,25,28H,2,8-9,15,17-20H2,1H3/b13-10+/t23-,25+,26+/m1/s1. The zero-order valence-electron chi connectivity index (χ0n) is 17.5. The third kappa shape index (κ3) is 4.41. The Kier molecular flexibility index (Phi) is 6.37. The van der Waals surface area contributed by atoms with Gasteiger partial charge in [-0.05, 0) is 37.8 Å². The molecule has 1 saturated heterocycles. The summed E-state index contributed by atoms with van der Waals surface area (Å²) in [6.45, 7) is 4.49. The van der Waals surface area contributed by atoms with E-state index in [-0.39, 0.29) is 12.0 Å². The van der Waals surface area contributed by atoms with Crippen LogP contribution >= 0.6 is 0 Å². The SMILES string of the molecule is CCOc1ccccc1[C@H]1[C@H]2CCCC[C@]2(O)CCN1C/C=C/c1ccccc1. The molecule has 2 aromatic rings. The van der Waals surface area contributed by atoms with Gasteiger partial charge in [0.2, 0.25) is 0 Å². The molecule has 1 heterocycles. The number of nitrogens with zero attached hydrogens (tertiary/aromatic N) is 1. The molecule has 3 heteroatoms. The van der Waals surface area contributed by atoms with Gasteiger partial charge in [-0.3, -0.25) is 4.90 Å². The summed E-state index contributed by atoms with van der Waals surface area (Å²) in [4.78, 5) is 2.54. The Labute approximate surface area is 175 Å². The summed E-state index contributed by atoms with van der Waals surface area (Å²) < 4.78 is 6.00. The van der Waals surface area contributed by atoms with Gasteiger partial charge in [-0.1, -0.05) is 73.5 Å². The molecule has 3 atom stereocenters. The van der Waals surface area contributed by atoms with E-state index in [4.69, 9.17) is 4.74 Å². The Morgan fingerprint density at radius 3 is 2.69 bits per heavy atom. The second-order valence-electron chi connectivity index (χ2n) is 8.43. The van der Waals surface area contributed by atoms with Gasteiger partial charge >= 0.3 is 0 Å². The number of hydrogen-bond acceptors (Lipinski definition) is 3. The minimum Gasteiger partial charge on any atom is -0.494 e. The fourth-order valence-corrected chi connectivity index (χ4v) is 5.26. The largest absolute Gasteiger partial charge is 0.494 e. The lowest BCUT2D eigenvalue weighted by molar-refractivity contribution is -0.122. The lowest BCUT2D eigenvalue weighted by Crippen LogP contribution is -2.54. The highest BCUT2D eigenvalue weighted by molar-refractivity contribution is 5.49. The van der Waals surface area contributed by atoms with Gasteiger partial charge in [-0.15, -0.1) is 0 Å². The topological polar surface area (TPSA) is 32.7 Å². The maximum atomic E-state index is 11.5. The molecule has 0 radical (unpaired) electrons. The van der Waals surface area contributed by atoms with Crippen molar-refractivity contribution in [2.24, 2.45) is 5.92 Å². The van der Waals surface area contributed by atoms with Crippen molar-refractivity contribution < 1.29 is 9.84 Å². The quantitative estimate of drug-likeness (QED) is 0.709. The maximum Gasteiger partial charge on any atom is 0.124 e. The van der Waals surface area contributed by atoms with Crippen molar-refractivity contribution in [3.05, 3.63) is 71.8 Å². The molecule has 29 heavy (non-hydrogen) atoms. The molecule has 0 aromatic heterocycles. The first-order valence-electron chi connectivity index (χ1n) is 11.1. The van der Waals surface area contributed by atoms with Crippen LogP contribution in [0.15, 0.2) is 60.7 Å². The van der Waals surface area contributed by atoms with Crippen molar-refractivity contribution >= 4 is 6.08 Å². The summed E-state index contributed by atoms with van der Waals surface area (Å²) >= 11 is 0. The van der Waals surface area contributed by atoms with Gasteiger partial charge < -0.3 is 9.84 Å². The van der Waals surface area contributed by atoms with Crippen molar-refractivity contribution in [1.82, 2.24) is 4.90 Å². The zero-order valence-corrected chi connectivity index (χ0v) is 17.5. The number of rotatable bonds is 6. The van der Waals surface area contributed by atoms with Crippen LogP contribution in [-0.4, -0.2) is 35.3 Å². The third-order valence-corrected chi connectivity index (χ3v) is 6.66. The first-order chi connectivity index (χ1) is 14.2. The van der Waals surface area contributed by atoms with Crippen molar-refractivity contribution in [3.8, 4) is 5.75 Å². The number of para-hydroxylation sites is 1. The first-order valence-corrected chi connectivity index (χ1v) is 11.1. The molecule has 0 unspecified atom stereocenters. The number of benzene rings is 2. The summed E-state index contributed by atoms with van der Waals surface area (Å²) in [5, 5.41) is 11.5. The molecule has 0 spiro atoms. The molecule has 1 saturated carbocycles. The van der Waals surface area contributed by atoms with E-state index in [2.05, 4.69) is 59.5 Å². The molecule has 2 fully saturated rings. The monoisotopic (exact) mass is 391 g/mol.